The summed E-state index contributed by atoms with van der Waals surface area (Å²) in [7, 11) is -3.38. The minimum absolute atomic E-state index is 0.167. The normalized spacial score (nSPS) is 17.5. The second kappa shape index (κ2) is 7.42. The van der Waals surface area contributed by atoms with Crippen LogP contribution in [0.15, 0.2) is 17.2 Å². The molecule has 0 aliphatic heterocycles. The first-order valence-electron chi connectivity index (χ1n) is 7.99. The molecule has 5 nitrogen and oxygen atoms in total. The molecule has 1 saturated carbocycles. The van der Waals surface area contributed by atoms with Gasteiger partial charge in [-0.2, -0.15) is 4.31 Å². The maximum absolute atomic E-state index is 12.8. The minimum atomic E-state index is -3.38. The third-order valence-electron chi connectivity index (χ3n) is 4.18. The van der Waals surface area contributed by atoms with Crippen LogP contribution in [0, 0.1) is 0 Å². The smallest absolute Gasteiger partial charge is 0.244 e. The molecule has 6 heteroatoms. The second-order valence-electron chi connectivity index (χ2n) is 5.64. The highest BCUT2D eigenvalue weighted by molar-refractivity contribution is 7.89. The molecule has 120 valence electrons. The molecular formula is C15H27N3O2S. The maximum Gasteiger partial charge on any atom is 0.244 e. The van der Waals surface area contributed by atoms with Crippen LogP contribution < -0.4 is 5.32 Å². The fourth-order valence-corrected chi connectivity index (χ4v) is 4.77. The molecule has 0 radical (unpaired) electrons. The fraction of sp³-hybridized carbons (Fsp3) is 0.733. The maximum atomic E-state index is 12.8. The lowest BCUT2D eigenvalue weighted by atomic mass is 9.95. The highest BCUT2D eigenvalue weighted by Gasteiger charge is 2.31. The topological polar surface area (TPSA) is 65.2 Å². The number of hydrogen-bond acceptors (Lipinski definition) is 3. The zero-order chi connectivity index (χ0) is 15.3. The van der Waals surface area contributed by atoms with E-state index in [4.69, 9.17) is 0 Å². The molecule has 0 unspecified atom stereocenters. The SMILES string of the molecule is CCNCc1cc(S(=O)(=O)N(CC)C2CCCCC2)c[nH]1. The molecule has 1 fully saturated rings. The van der Waals surface area contributed by atoms with E-state index in [0.717, 1.165) is 37.9 Å². The van der Waals surface area contributed by atoms with Gasteiger partial charge in [0, 0.05) is 31.0 Å². The van der Waals surface area contributed by atoms with Crippen molar-refractivity contribution in [1.82, 2.24) is 14.6 Å². The van der Waals surface area contributed by atoms with Crippen molar-refractivity contribution < 1.29 is 8.42 Å². The van der Waals surface area contributed by atoms with Crippen LogP contribution in [0.4, 0.5) is 0 Å². The monoisotopic (exact) mass is 313 g/mol. The molecule has 0 spiro atoms. The van der Waals surface area contributed by atoms with E-state index >= 15 is 0 Å². The lowest BCUT2D eigenvalue weighted by Gasteiger charge is -2.32. The van der Waals surface area contributed by atoms with Gasteiger partial charge >= 0.3 is 0 Å². The summed E-state index contributed by atoms with van der Waals surface area (Å²) in [6, 6.07) is 1.92. The molecule has 2 rings (SSSR count). The molecule has 1 aliphatic carbocycles. The lowest BCUT2D eigenvalue weighted by molar-refractivity contribution is 0.261. The molecule has 2 N–H and O–H groups in total. The molecule has 1 heterocycles. The Bertz CT molecular complexity index is 533. The Morgan fingerprint density at radius 3 is 2.62 bits per heavy atom. The predicted molar refractivity (Wildman–Crippen MR) is 84.6 cm³/mol. The van der Waals surface area contributed by atoms with Gasteiger partial charge in [0.25, 0.3) is 0 Å². The predicted octanol–water partition coefficient (Wildman–Crippen LogP) is 2.47. The summed E-state index contributed by atoms with van der Waals surface area (Å²) < 4.78 is 27.4. The summed E-state index contributed by atoms with van der Waals surface area (Å²) in [5.74, 6) is 0. The van der Waals surface area contributed by atoms with Crippen LogP contribution >= 0.6 is 0 Å². The molecule has 1 aromatic rings. The molecule has 0 amide bonds. The van der Waals surface area contributed by atoms with Crippen molar-refractivity contribution in [1.29, 1.82) is 0 Å². The average molecular weight is 313 g/mol. The number of aromatic amines is 1. The average Bonchev–Trinajstić information content (AvgIpc) is 2.96. The van der Waals surface area contributed by atoms with E-state index in [-0.39, 0.29) is 6.04 Å². The zero-order valence-electron chi connectivity index (χ0n) is 13.1. The van der Waals surface area contributed by atoms with Gasteiger partial charge < -0.3 is 10.3 Å². The Morgan fingerprint density at radius 1 is 1.29 bits per heavy atom. The summed E-state index contributed by atoms with van der Waals surface area (Å²) in [5, 5.41) is 3.20. The molecule has 0 aromatic carbocycles. The molecule has 21 heavy (non-hydrogen) atoms. The molecule has 0 saturated heterocycles. The lowest BCUT2D eigenvalue weighted by Crippen LogP contribution is -2.41. The molecule has 1 aliphatic rings. The Kier molecular flexibility index (Phi) is 5.84. The van der Waals surface area contributed by atoms with Gasteiger partial charge in [-0.05, 0) is 25.5 Å². The molecule has 0 atom stereocenters. The number of nitrogens with one attached hydrogen (secondary N) is 2. The van der Waals surface area contributed by atoms with E-state index in [1.54, 1.807) is 16.6 Å². The number of rotatable bonds is 7. The van der Waals surface area contributed by atoms with E-state index in [9.17, 15) is 8.42 Å². The van der Waals surface area contributed by atoms with Crippen LogP contribution in [0.3, 0.4) is 0 Å². The van der Waals surface area contributed by atoms with Gasteiger partial charge in [-0.15, -0.1) is 0 Å². The van der Waals surface area contributed by atoms with Crippen LogP contribution in [0.1, 0.15) is 51.6 Å². The van der Waals surface area contributed by atoms with Crippen LogP contribution in [0.2, 0.25) is 0 Å². The van der Waals surface area contributed by atoms with Crippen molar-refractivity contribution in [3.63, 3.8) is 0 Å². The summed E-state index contributed by atoms with van der Waals surface area (Å²) in [6.45, 7) is 6.04. The Balaban J connectivity index is 2.16. The zero-order valence-corrected chi connectivity index (χ0v) is 13.9. The van der Waals surface area contributed by atoms with Crippen LogP contribution in [0.5, 0.6) is 0 Å². The van der Waals surface area contributed by atoms with Crippen molar-refractivity contribution in [2.45, 2.75) is 63.4 Å². The van der Waals surface area contributed by atoms with E-state index in [1.807, 2.05) is 13.8 Å². The first kappa shape index (κ1) is 16.5. The summed E-state index contributed by atoms with van der Waals surface area (Å²) in [4.78, 5) is 3.45. The summed E-state index contributed by atoms with van der Waals surface area (Å²) in [6.07, 6.45) is 7.09. The first-order chi connectivity index (χ1) is 10.1. The van der Waals surface area contributed by atoms with Gasteiger partial charge in [0.15, 0.2) is 0 Å². The first-order valence-corrected chi connectivity index (χ1v) is 9.43. The van der Waals surface area contributed by atoms with Gasteiger partial charge in [0.1, 0.15) is 0 Å². The third-order valence-corrected chi connectivity index (χ3v) is 6.19. The van der Waals surface area contributed by atoms with E-state index in [1.165, 1.54) is 6.42 Å². The van der Waals surface area contributed by atoms with Crippen LogP contribution in [-0.2, 0) is 16.6 Å². The number of sulfonamides is 1. The van der Waals surface area contributed by atoms with Gasteiger partial charge in [-0.3, -0.25) is 0 Å². The van der Waals surface area contributed by atoms with E-state index in [2.05, 4.69) is 10.3 Å². The molecule has 0 bridgehead atoms. The largest absolute Gasteiger partial charge is 0.363 e. The van der Waals surface area contributed by atoms with Crippen LogP contribution in [0.25, 0.3) is 0 Å². The van der Waals surface area contributed by atoms with E-state index < -0.39 is 10.0 Å². The van der Waals surface area contributed by atoms with Crippen molar-refractivity contribution in [2.24, 2.45) is 0 Å². The Labute approximate surface area is 128 Å². The number of aromatic nitrogens is 1. The fourth-order valence-electron chi connectivity index (χ4n) is 3.06. The highest BCUT2D eigenvalue weighted by Crippen LogP contribution is 2.27. The number of H-pyrrole nitrogens is 1. The van der Waals surface area contributed by atoms with Crippen molar-refractivity contribution in [3.05, 3.63) is 18.0 Å². The van der Waals surface area contributed by atoms with Gasteiger partial charge in [0.05, 0.1) is 4.90 Å². The van der Waals surface area contributed by atoms with Crippen LogP contribution in [-0.4, -0.2) is 36.8 Å². The highest BCUT2D eigenvalue weighted by atomic mass is 32.2. The minimum Gasteiger partial charge on any atom is -0.363 e. The molecular weight excluding hydrogens is 286 g/mol. The Morgan fingerprint density at radius 2 is 2.00 bits per heavy atom. The van der Waals surface area contributed by atoms with E-state index in [0.29, 0.717) is 18.0 Å². The summed E-state index contributed by atoms with van der Waals surface area (Å²) >= 11 is 0. The Hall–Kier alpha value is -0.850. The quantitative estimate of drug-likeness (QED) is 0.813. The third kappa shape index (κ3) is 3.87. The van der Waals surface area contributed by atoms with Gasteiger partial charge in [-0.1, -0.05) is 33.1 Å². The standard InChI is InChI=1S/C15H27N3O2S/c1-3-16-11-13-10-15(12-17-13)21(19,20)18(4-2)14-8-6-5-7-9-14/h10,12,14,16-17H,3-9,11H2,1-2H3. The van der Waals surface area contributed by atoms with Gasteiger partial charge in [0.2, 0.25) is 10.0 Å². The summed E-state index contributed by atoms with van der Waals surface area (Å²) in [5.41, 5.74) is 0.912. The van der Waals surface area contributed by atoms with Gasteiger partial charge in [-0.25, -0.2) is 8.42 Å². The van der Waals surface area contributed by atoms with Crippen molar-refractivity contribution in [2.75, 3.05) is 13.1 Å². The number of hydrogen-bond donors (Lipinski definition) is 2. The molecule has 1 aromatic heterocycles. The number of nitrogens with zero attached hydrogens (tertiary/aromatic N) is 1. The van der Waals surface area contributed by atoms with Crippen molar-refractivity contribution in [3.8, 4) is 0 Å². The van der Waals surface area contributed by atoms with Crippen molar-refractivity contribution >= 4 is 10.0 Å². The second-order valence-corrected chi connectivity index (χ2v) is 7.53.